The predicted octanol–water partition coefficient (Wildman–Crippen LogP) is 1.66. The molecular formula is C13H18N2O4S. The number of aryl methyl sites for hydroxylation is 1. The molecule has 1 aromatic heterocycles. The number of nitrogens with zero attached hydrogens (tertiary/aromatic N) is 1. The van der Waals surface area contributed by atoms with E-state index < -0.39 is 10.1 Å². The average molecular weight is 298 g/mol. The molecule has 0 saturated carbocycles. The van der Waals surface area contributed by atoms with Gasteiger partial charge in [0.25, 0.3) is 10.1 Å². The highest BCUT2D eigenvalue weighted by Gasteiger charge is 2.09. The molecule has 110 valence electrons. The molecule has 0 bridgehead atoms. The van der Waals surface area contributed by atoms with Gasteiger partial charge in [0.1, 0.15) is 5.76 Å². The minimum Gasteiger partial charge on any atom is -0.441 e. The van der Waals surface area contributed by atoms with E-state index in [2.05, 4.69) is 4.98 Å². The zero-order valence-corrected chi connectivity index (χ0v) is 12.2. The van der Waals surface area contributed by atoms with Crippen molar-refractivity contribution in [1.82, 2.24) is 4.98 Å². The van der Waals surface area contributed by atoms with Crippen LogP contribution in [0.2, 0.25) is 0 Å². The fourth-order valence-corrected chi connectivity index (χ4v) is 1.50. The van der Waals surface area contributed by atoms with Crippen LogP contribution in [0.1, 0.15) is 11.5 Å². The van der Waals surface area contributed by atoms with Crippen molar-refractivity contribution in [3.8, 4) is 11.5 Å². The van der Waals surface area contributed by atoms with E-state index in [4.69, 9.17) is 14.7 Å². The third kappa shape index (κ3) is 5.96. The summed E-state index contributed by atoms with van der Waals surface area (Å²) in [5.74, 6) is 1.54. The Morgan fingerprint density at radius 3 is 2.35 bits per heavy atom. The summed E-state index contributed by atoms with van der Waals surface area (Å²) in [4.78, 5) is 4.42. The van der Waals surface area contributed by atoms with Crippen molar-refractivity contribution in [3.63, 3.8) is 0 Å². The molecule has 2 rings (SSSR count). The Labute approximate surface area is 118 Å². The van der Waals surface area contributed by atoms with E-state index in [1.807, 2.05) is 37.3 Å². The topological polar surface area (TPSA) is 106 Å². The zero-order valence-electron chi connectivity index (χ0n) is 11.4. The molecule has 0 aliphatic carbocycles. The van der Waals surface area contributed by atoms with Gasteiger partial charge in [-0.25, -0.2) is 4.98 Å². The van der Waals surface area contributed by atoms with Gasteiger partial charge in [-0.1, -0.05) is 18.2 Å². The molecule has 2 aromatic rings. The van der Waals surface area contributed by atoms with Crippen LogP contribution in [0, 0.1) is 6.92 Å². The lowest BCUT2D eigenvalue weighted by Crippen LogP contribution is -2.03. The Morgan fingerprint density at radius 1 is 1.30 bits per heavy atom. The van der Waals surface area contributed by atoms with Crippen LogP contribution in [0.4, 0.5) is 0 Å². The van der Waals surface area contributed by atoms with E-state index in [0.29, 0.717) is 18.7 Å². The van der Waals surface area contributed by atoms with Crippen molar-refractivity contribution in [1.29, 1.82) is 0 Å². The standard InChI is InChI=1S/C12H14N2O.CH4O3S/c1-9-11(7-8-13)14-12(15-9)10-5-3-2-4-6-10;1-5(2,3)4/h2-6H,7-8,13H2,1H3;1H3,(H,2,3,4). The molecule has 0 saturated heterocycles. The van der Waals surface area contributed by atoms with Gasteiger partial charge < -0.3 is 10.2 Å². The summed E-state index contributed by atoms with van der Waals surface area (Å²) < 4.78 is 31.5. The molecule has 7 heteroatoms. The lowest BCUT2D eigenvalue weighted by molar-refractivity contribution is 0.490. The number of hydrogen-bond donors (Lipinski definition) is 2. The molecule has 0 unspecified atom stereocenters. The van der Waals surface area contributed by atoms with E-state index in [0.717, 1.165) is 23.4 Å². The van der Waals surface area contributed by atoms with Gasteiger partial charge in [-0.15, -0.1) is 0 Å². The smallest absolute Gasteiger partial charge is 0.261 e. The van der Waals surface area contributed by atoms with Crippen molar-refractivity contribution in [2.45, 2.75) is 13.3 Å². The lowest BCUT2D eigenvalue weighted by atomic mass is 10.2. The normalized spacial score (nSPS) is 10.8. The van der Waals surface area contributed by atoms with Gasteiger partial charge >= 0.3 is 0 Å². The fourth-order valence-electron chi connectivity index (χ4n) is 1.50. The summed E-state index contributed by atoms with van der Waals surface area (Å²) in [5, 5.41) is 0. The molecule has 0 radical (unpaired) electrons. The first kappa shape index (κ1) is 16.4. The molecule has 1 heterocycles. The number of hydrogen-bond acceptors (Lipinski definition) is 5. The lowest BCUT2D eigenvalue weighted by Gasteiger charge is -1.92. The molecule has 0 aliphatic rings. The molecule has 0 fully saturated rings. The van der Waals surface area contributed by atoms with Crippen LogP contribution < -0.4 is 5.73 Å². The highest BCUT2D eigenvalue weighted by atomic mass is 32.2. The van der Waals surface area contributed by atoms with Gasteiger partial charge in [0.15, 0.2) is 0 Å². The highest BCUT2D eigenvalue weighted by molar-refractivity contribution is 7.85. The monoisotopic (exact) mass is 298 g/mol. The van der Waals surface area contributed by atoms with Crippen LogP contribution in [-0.2, 0) is 16.5 Å². The number of rotatable bonds is 3. The summed E-state index contributed by atoms with van der Waals surface area (Å²) in [6.45, 7) is 2.52. The number of nitrogens with two attached hydrogens (primary N) is 1. The largest absolute Gasteiger partial charge is 0.441 e. The molecule has 20 heavy (non-hydrogen) atoms. The maximum atomic E-state index is 9.19. The van der Waals surface area contributed by atoms with Crippen LogP contribution in [0.3, 0.4) is 0 Å². The molecule has 0 atom stereocenters. The van der Waals surface area contributed by atoms with E-state index in [-0.39, 0.29) is 0 Å². The molecule has 0 aliphatic heterocycles. The molecular weight excluding hydrogens is 280 g/mol. The van der Waals surface area contributed by atoms with E-state index in [1.165, 1.54) is 0 Å². The Balaban J connectivity index is 0.000000347. The zero-order chi connectivity index (χ0) is 15.2. The minimum absolute atomic E-state index is 0.599. The Morgan fingerprint density at radius 2 is 1.85 bits per heavy atom. The van der Waals surface area contributed by atoms with Gasteiger partial charge in [-0.2, -0.15) is 8.42 Å². The third-order valence-electron chi connectivity index (χ3n) is 2.29. The maximum absolute atomic E-state index is 9.19. The fraction of sp³-hybridized carbons (Fsp3) is 0.308. The van der Waals surface area contributed by atoms with Crippen LogP contribution in [-0.4, -0.2) is 30.8 Å². The van der Waals surface area contributed by atoms with Gasteiger partial charge in [-0.05, 0) is 25.6 Å². The number of aromatic nitrogens is 1. The van der Waals surface area contributed by atoms with Crippen LogP contribution in [0.5, 0.6) is 0 Å². The first-order chi connectivity index (χ1) is 9.31. The second kappa shape index (κ2) is 7.18. The Hall–Kier alpha value is -1.70. The molecule has 0 spiro atoms. The molecule has 1 aromatic carbocycles. The summed E-state index contributed by atoms with van der Waals surface area (Å²) in [6.07, 6.45) is 1.48. The first-order valence-corrected chi connectivity index (χ1v) is 7.80. The number of oxazole rings is 1. The summed E-state index contributed by atoms with van der Waals surface area (Å²) in [7, 11) is -3.67. The predicted molar refractivity (Wildman–Crippen MR) is 76.9 cm³/mol. The average Bonchev–Trinajstić information content (AvgIpc) is 2.71. The van der Waals surface area contributed by atoms with Gasteiger partial charge in [0.2, 0.25) is 5.89 Å². The summed E-state index contributed by atoms with van der Waals surface area (Å²) >= 11 is 0. The quantitative estimate of drug-likeness (QED) is 0.834. The van der Waals surface area contributed by atoms with Gasteiger partial charge in [-0.3, -0.25) is 4.55 Å². The maximum Gasteiger partial charge on any atom is 0.261 e. The Kier molecular flexibility index (Phi) is 5.87. The van der Waals surface area contributed by atoms with Crippen molar-refractivity contribution in [3.05, 3.63) is 41.8 Å². The second-order valence-corrected chi connectivity index (χ2v) is 5.63. The highest BCUT2D eigenvalue weighted by Crippen LogP contribution is 2.21. The van der Waals surface area contributed by atoms with Crippen molar-refractivity contribution < 1.29 is 17.4 Å². The second-order valence-electron chi connectivity index (χ2n) is 4.16. The van der Waals surface area contributed by atoms with Gasteiger partial charge in [0.05, 0.1) is 11.9 Å². The van der Waals surface area contributed by atoms with Crippen molar-refractivity contribution in [2.75, 3.05) is 12.8 Å². The van der Waals surface area contributed by atoms with Crippen LogP contribution in [0.15, 0.2) is 34.7 Å². The number of benzene rings is 1. The SMILES string of the molecule is CS(=O)(=O)O.Cc1oc(-c2ccccc2)nc1CCN. The van der Waals surface area contributed by atoms with Crippen LogP contribution >= 0.6 is 0 Å². The van der Waals surface area contributed by atoms with Crippen LogP contribution in [0.25, 0.3) is 11.5 Å². The third-order valence-corrected chi connectivity index (χ3v) is 2.29. The van der Waals surface area contributed by atoms with E-state index in [9.17, 15) is 8.42 Å². The summed E-state index contributed by atoms with van der Waals surface area (Å²) in [6, 6.07) is 9.88. The van der Waals surface area contributed by atoms with Crippen molar-refractivity contribution >= 4 is 10.1 Å². The molecule has 6 nitrogen and oxygen atoms in total. The molecule has 0 amide bonds. The first-order valence-electron chi connectivity index (χ1n) is 5.95. The van der Waals surface area contributed by atoms with E-state index >= 15 is 0 Å². The minimum atomic E-state index is -3.67. The van der Waals surface area contributed by atoms with Crippen molar-refractivity contribution in [2.24, 2.45) is 5.73 Å². The van der Waals surface area contributed by atoms with Gasteiger partial charge in [0, 0.05) is 12.0 Å². The molecule has 3 N–H and O–H groups in total. The van der Waals surface area contributed by atoms with E-state index in [1.54, 1.807) is 0 Å². The Bertz CT molecular complexity index is 628. The summed E-state index contributed by atoms with van der Waals surface area (Å²) in [5.41, 5.74) is 7.45.